The number of hydrogen-bond acceptors (Lipinski definition) is 5. The summed E-state index contributed by atoms with van der Waals surface area (Å²) in [4.78, 5) is 2.27. The van der Waals surface area contributed by atoms with Crippen LogP contribution in [0.25, 0.3) is 11.3 Å². The summed E-state index contributed by atoms with van der Waals surface area (Å²) < 4.78 is 0. The monoisotopic (exact) mass is 339 g/mol. The minimum absolute atomic E-state index is 0.0870. The predicted molar refractivity (Wildman–Crippen MR) is 97.7 cm³/mol. The SMILES string of the molecule is Cc1cc(C)c(-c2ccc(N3CCC4(CC3)CC(O)C4)nn2)c(O)c1. The summed E-state index contributed by atoms with van der Waals surface area (Å²) in [7, 11) is 0. The molecule has 1 aromatic heterocycles. The van der Waals surface area contributed by atoms with Gasteiger partial charge in [0.25, 0.3) is 0 Å². The lowest BCUT2D eigenvalue weighted by atomic mass is 9.61. The van der Waals surface area contributed by atoms with Gasteiger partial charge in [-0.15, -0.1) is 10.2 Å². The molecule has 2 aromatic rings. The molecule has 1 saturated carbocycles. The standard InChI is InChI=1S/C20H25N3O2/c1-13-9-14(2)19(17(25)10-13)16-3-4-18(22-21-16)23-7-5-20(6-8-23)11-15(24)12-20/h3-4,9-10,15,24-25H,5-8,11-12H2,1-2H3. The highest BCUT2D eigenvalue weighted by Gasteiger charge is 2.45. The molecule has 1 aromatic carbocycles. The van der Waals surface area contributed by atoms with Gasteiger partial charge < -0.3 is 15.1 Å². The number of hydrogen-bond donors (Lipinski definition) is 2. The van der Waals surface area contributed by atoms with E-state index in [-0.39, 0.29) is 11.9 Å². The predicted octanol–water partition coefficient (Wildman–Crippen LogP) is 3.21. The highest BCUT2D eigenvalue weighted by Crippen LogP contribution is 2.49. The van der Waals surface area contributed by atoms with Crippen LogP contribution < -0.4 is 4.90 Å². The fourth-order valence-corrected chi connectivity index (χ4v) is 4.46. The summed E-state index contributed by atoms with van der Waals surface area (Å²) in [6.45, 7) is 5.88. The lowest BCUT2D eigenvalue weighted by molar-refractivity contribution is -0.0464. The molecular formula is C20H25N3O2. The number of anilines is 1. The maximum atomic E-state index is 10.3. The Morgan fingerprint density at radius 3 is 2.36 bits per heavy atom. The van der Waals surface area contributed by atoms with Crippen molar-refractivity contribution in [2.75, 3.05) is 18.0 Å². The maximum absolute atomic E-state index is 10.3. The molecule has 5 nitrogen and oxygen atoms in total. The van der Waals surface area contributed by atoms with Gasteiger partial charge in [-0.1, -0.05) is 6.07 Å². The van der Waals surface area contributed by atoms with E-state index in [0.29, 0.717) is 11.1 Å². The molecule has 0 unspecified atom stereocenters. The third-order valence-corrected chi connectivity index (χ3v) is 5.85. The van der Waals surface area contributed by atoms with Gasteiger partial charge in [-0.3, -0.25) is 0 Å². The van der Waals surface area contributed by atoms with E-state index in [1.165, 1.54) is 0 Å². The summed E-state index contributed by atoms with van der Waals surface area (Å²) in [5.74, 6) is 1.14. The van der Waals surface area contributed by atoms with E-state index in [9.17, 15) is 10.2 Å². The summed E-state index contributed by atoms with van der Waals surface area (Å²) in [6, 6.07) is 7.74. The maximum Gasteiger partial charge on any atom is 0.151 e. The van der Waals surface area contributed by atoms with Crippen molar-refractivity contribution in [3.05, 3.63) is 35.4 Å². The number of phenols is 1. The molecule has 1 aliphatic carbocycles. The summed E-state index contributed by atoms with van der Waals surface area (Å²) in [5.41, 5.74) is 3.86. The van der Waals surface area contributed by atoms with Gasteiger partial charge in [-0.25, -0.2) is 0 Å². The molecule has 0 atom stereocenters. The van der Waals surface area contributed by atoms with Crippen LogP contribution in [0.4, 0.5) is 5.82 Å². The molecule has 0 radical (unpaired) electrons. The van der Waals surface area contributed by atoms with Crippen molar-refractivity contribution in [3.8, 4) is 17.0 Å². The second-order valence-electron chi connectivity index (χ2n) is 7.80. The average Bonchev–Trinajstić information content (AvgIpc) is 2.54. The zero-order chi connectivity index (χ0) is 17.6. The van der Waals surface area contributed by atoms with Crippen LogP contribution in [-0.4, -0.2) is 39.6 Å². The lowest BCUT2D eigenvalue weighted by Gasteiger charge is -2.50. The van der Waals surface area contributed by atoms with Crippen LogP contribution in [-0.2, 0) is 0 Å². The molecule has 2 fully saturated rings. The Kier molecular flexibility index (Phi) is 3.91. The summed E-state index contributed by atoms with van der Waals surface area (Å²) >= 11 is 0. The number of aryl methyl sites for hydroxylation is 2. The lowest BCUT2D eigenvalue weighted by Crippen LogP contribution is -2.49. The smallest absolute Gasteiger partial charge is 0.151 e. The number of piperidine rings is 1. The van der Waals surface area contributed by atoms with E-state index >= 15 is 0 Å². The number of aromatic nitrogens is 2. The average molecular weight is 339 g/mol. The summed E-state index contributed by atoms with van der Waals surface area (Å²) in [5, 5.41) is 28.6. The highest BCUT2D eigenvalue weighted by molar-refractivity contribution is 5.71. The Morgan fingerprint density at radius 1 is 1.08 bits per heavy atom. The van der Waals surface area contributed by atoms with E-state index in [1.54, 1.807) is 6.07 Å². The van der Waals surface area contributed by atoms with Crippen molar-refractivity contribution in [3.63, 3.8) is 0 Å². The van der Waals surface area contributed by atoms with Crippen molar-refractivity contribution in [1.82, 2.24) is 10.2 Å². The van der Waals surface area contributed by atoms with E-state index < -0.39 is 0 Å². The largest absolute Gasteiger partial charge is 0.507 e. The molecule has 4 rings (SSSR count). The van der Waals surface area contributed by atoms with Crippen LogP contribution in [0, 0.1) is 19.3 Å². The quantitative estimate of drug-likeness (QED) is 0.879. The molecule has 1 spiro atoms. The van der Waals surface area contributed by atoms with Crippen molar-refractivity contribution >= 4 is 5.82 Å². The Balaban J connectivity index is 1.50. The molecule has 1 aliphatic heterocycles. The number of nitrogens with zero attached hydrogens (tertiary/aromatic N) is 3. The first kappa shape index (κ1) is 16.3. The van der Waals surface area contributed by atoms with Crippen LogP contribution in [0.15, 0.2) is 24.3 Å². The van der Waals surface area contributed by atoms with Crippen molar-refractivity contribution < 1.29 is 10.2 Å². The van der Waals surface area contributed by atoms with E-state index in [0.717, 1.165) is 61.3 Å². The number of aromatic hydroxyl groups is 1. The molecule has 5 heteroatoms. The summed E-state index contributed by atoms with van der Waals surface area (Å²) in [6.07, 6.45) is 4.06. The zero-order valence-electron chi connectivity index (χ0n) is 14.9. The first-order valence-electron chi connectivity index (χ1n) is 9.03. The Labute approximate surface area is 148 Å². The van der Waals surface area contributed by atoms with Crippen LogP contribution >= 0.6 is 0 Å². The number of phenolic OH excluding ortho intramolecular Hbond substituents is 1. The number of aliphatic hydroxyl groups is 1. The third kappa shape index (κ3) is 2.97. The van der Waals surface area contributed by atoms with Crippen LogP contribution in [0.2, 0.25) is 0 Å². The normalized spacial score (nSPS) is 19.9. The number of rotatable bonds is 2. The van der Waals surface area contributed by atoms with Crippen molar-refractivity contribution in [2.45, 2.75) is 45.6 Å². The zero-order valence-corrected chi connectivity index (χ0v) is 14.9. The van der Waals surface area contributed by atoms with Crippen LogP contribution in [0.1, 0.15) is 36.8 Å². The van der Waals surface area contributed by atoms with Gasteiger partial charge in [0.15, 0.2) is 5.82 Å². The molecule has 2 heterocycles. The second kappa shape index (κ2) is 5.99. The van der Waals surface area contributed by atoms with Gasteiger partial charge in [0.05, 0.1) is 11.8 Å². The number of benzene rings is 1. The molecule has 2 N–H and O–H groups in total. The molecule has 132 valence electrons. The van der Waals surface area contributed by atoms with Gasteiger partial charge in [0.1, 0.15) is 5.75 Å². The highest BCUT2D eigenvalue weighted by atomic mass is 16.3. The van der Waals surface area contributed by atoms with Crippen LogP contribution in [0.5, 0.6) is 5.75 Å². The molecule has 2 aliphatic rings. The minimum atomic E-state index is -0.0870. The second-order valence-corrected chi connectivity index (χ2v) is 7.80. The molecular weight excluding hydrogens is 314 g/mol. The van der Waals surface area contributed by atoms with Crippen LogP contribution in [0.3, 0.4) is 0 Å². The fraction of sp³-hybridized carbons (Fsp3) is 0.500. The topological polar surface area (TPSA) is 69.5 Å². The third-order valence-electron chi connectivity index (χ3n) is 5.85. The van der Waals surface area contributed by atoms with E-state index in [2.05, 4.69) is 15.1 Å². The molecule has 0 bridgehead atoms. The fourth-order valence-electron chi connectivity index (χ4n) is 4.46. The van der Waals surface area contributed by atoms with Gasteiger partial charge in [0, 0.05) is 18.7 Å². The first-order chi connectivity index (χ1) is 12.0. The minimum Gasteiger partial charge on any atom is -0.507 e. The molecule has 1 saturated heterocycles. The Bertz CT molecular complexity index is 749. The Morgan fingerprint density at radius 2 is 1.80 bits per heavy atom. The Hall–Kier alpha value is -2.14. The van der Waals surface area contributed by atoms with Gasteiger partial charge >= 0.3 is 0 Å². The van der Waals surface area contributed by atoms with E-state index in [1.807, 2.05) is 32.0 Å². The van der Waals surface area contributed by atoms with Gasteiger partial charge in [0.2, 0.25) is 0 Å². The van der Waals surface area contributed by atoms with Crippen molar-refractivity contribution in [2.24, 2.45) is 5.41 Å². The number of aliphatic hydroxyl groups excluding tert-OH is 1. The van der Waals surface area contributed by atoms with Gasteiger partial charge in [-0.2, -0.15) is 0 Å². The van der Waals surface area contributed by atoms with E-state index in [4.69, 9.17) is 0 Å². The van der Waals surface area contributed by atoms with Gasteiger partial charge in [-0.05, 0) is 74.3 Å². The van der Waals surface area contributed by atoms with Crippen molar-refractivity contribution in [1.29, 1.82) is 0 Å². The first-order valence-corrected chi connectivity index (χ1v) is 9.03. The molecule has 0 amide bonds. The molecule has 25 heavy (non-hydrogen) atoms.